The summed E-state index contributed by atoms with van der Waals surface area (Å²) in [6.45, 7) is 7.32. The third-order valence-corrected chi connectivity index (χ3v) is 5.42. The van der Waals surface area contributed by atoms with Gasteiger partial charge in [0.15, 0.2) is 0 Å². The molecule has 202 valence electrons. The monoisotopic (exact) mass is 530 g/mol. The van der Waals surface area contributed by atoms with Crippen molar-refractivity contribution in [3.63, 3.8) is 0 Å². The summed E-state index contributed by atoms with van der Waals surface area (Å²) in [7, 11) is 0. The van der Waals surface area contributed by atoms with Gasteiger partial charge in [0, 0.05) is 30.0 Å². The van der Waals surface area contributed by atoms with E-state index >= 15 is 0 Å². The van der Waals surface area contributed by atoms with Crippen LogP contribution >= 0.6 is 0 Å². The summed E-state index contributed by atoms with van der Waals surface area (Å²) in [6.07, 6.45) is -4.76. The van der Waals surface area contributed by atoms with Crippen LogP contribution in [-0.2, 0) is 0 Å². The molecule has 0 aliphatic rings. The number of nitrogens with zero attached hydrogens (tertiary/aromatic N) is 1. The predicted molar refractivity (Wildman–Crippen MR) is 139 cm³/mol. The first-order valence-corrected chi connectivity index (χ1v) is 12.0. The standard InChI is InChI=1S/C27H29F3N4O4/c1-3-34(4-2)18-17-31-25(35)19-5-7-20(8-6-19)32-26(36)33-21-9-11-22(12-10-21)37-23-13-15-24(16-14-23)38-27(28,29)30/h5-16H,3-4,17-18H2,1-2H3,(H,31,35)(H2,32,33,36). The number of benzene rings is 3. The van der Waals surface area contributed by atoms with E-state index in [0.29, 0.717) is 35.0 Å². The minimum Gasteiger partial charge on any atom is -0.457 e. The maximum atomic E-state index is 12.3. The summed E-state index contributed by atoms with van der Waals surface area (Å²) < 4.78 is 46.2. The second kappa shape index (κ2) is 13.3. The van der Waals surface area contributed by atoms with Crippen molar-refractivity contribution in [3.05, 3.63) is 78.4 Å². The van der Waals surface area contributed by atoms with Crippen LogP contribution in [0.15, 0.2) is 72.8 Å². The van der Waals surface area contributed by atoms with Gasteiger partial charge >= 0.3 is 12.4 Å². The molecule has 38 heavy (non-hydrogen) atoms. The number of ether oxygens (including phenoxy) is 2. The van der Waals surface area contributed by atoms with E-state index in [1.165, 1.54) is 12.1 Å². The Bertz CT molecular complexity index is 1180. The maximum absolute atomic E-state index is 12.3. The quantitative estimate of drug-likeness (QED) is 0.279. The Morgan fingerprint density at radius 2 is 1.24 bits per heavy atom. The highest BCUT2D eigenvalue weighted by atomic mass is 19.4. The summed E-state index contributed by atoms with van der Waals surface area (Å²) in [5, 5.41) is 8.26. The second-order valence-electron chi connectivity index (χ2n) is 8.08. The number of rotatable bonds is 11. The van der Waals surface area contributed by atoms with Crippen LogP contribution in [0.4, 0.5) is 29.3 Å². The third kappa shape index (κ3) is 9.32. The molecular formula is C27H29F3N4O4. The van der Waals surface area contributed by atoms with Crippen LogP contribution in [0, 0.1) is 0 Å². The lowest BCUT2D eigenvalue weighted by atomic mass is 10.2. The molecule has 0 unspecified atom stereocenters. The van der Waals surface area contributed by atoms with Gasteiger partial charge in [0.05, 0.1) is 0 Å². The molecule has 0 fully saturated rings. The molecule has 0 aliphatic carbocycles. The highest BCUT2D eigenvalue weighted by Gasteiger charge is 2.31. The van der Waals surface area contributed by atoms with Crippen molar-refractivity contribution in [2.45, 2.75) is 20.2 Å². The zero-order valence-corrected chi connectivity index (χ0v) is 21.0. The molecule has 11 heteroatoms. The lowest BCUT2D eigenvalue weighted by molar-refractivity contribution is -0.274. The van der Waals surface area contributed by atoms with Crippen molar-refractivity contribution < 1.29 is 32.2 Å². The first-order valence-electron chi connectivity index (χ1n) is 12.0. The average molecular weight is 531 g/mol. The molecule has 8 nitrogen and oxygen atoms in total. The van der Waals surface area contributed by atoms with Gasteiger partial charge < -0.3 is 30.3 Å². The van der Waals surface area contributed by atoms with E-state index in [1.807, 2.05) is 0 Å². The Kier molecular flexibility index (Phi) is 9.94. The number of anilines is 2. The largest absolute Gasteiger partial charge is 0.573 e. The van der Waals surface area contributed by atoms with Crippen molar-refractivity contribution >= 4 is 23.3 Å². The van der Waals surface area contributed by atoms with Crippen LogP contribution in [-0.4, -0.2) is 49.4 Å². The van der Waals surface area contributed by atoms with Crippen LogP contribution < -0.4 is 25.4 Å². The van der Waals surface area contributed by atoms with E-state index in [4.69, 9.17) is 4.74 Å². The average Bonchev–Trinajstić information content (AvgIpc) is 2.88. The maximum Gasteiger partial charge on any atom is 0.573 e. The van der Waals surface area contributed by atoms with Gasteiger partial charge in [-0.3, -0.25) is 4.79 Å². The van der Waals surface area contributed by atoms with Crippen molar-refractivity contribution in [2.75, 3.05) is 36.8 Å². The molecule has 0 bridgehead atoms. The van der Waals surface area contributed by atoms with E-state index < -0.39 is 12.4 Å². The molecule has 0 saturated heterocycles. The topological polar surface area (TPSA) is 91.9 Å². The highest BCUT2D eigenvalue weighted by Crippen LogP contribution is 2.28. The number of hydrogen-bond acceptors (Lipinski definition) is 5. The van der Waals surface area contributed by atoms with Crippen LogP contribution in [0.25, 0.3) is 0 Å². The number of likely N-dealkylation sites (N-methyl/N-ethyl adjacent to an activating group) is 1. The normalized spacial score (nSPS) is 11.1. The Hall–Kier alpha value is -4.25. The molecule has 0 aromatic heterocycles. The van der Waals surface area contributed by atoms with Gasteiger partial charge in [-0.25, -0.2) is 4.79 Å². The zero-order valence-electron chi connectivity index (χ0n) is 21.0. The second-order valence-corrected chi connectivity index (χ2v) is 8.08. The van der Waals surface area contributed by atoms with Gasteiger partial charge in [0.25, 0.3) is 5.91 Å². The fourth-order valence-corrected chi connectivity index (χ4v) is 3.42. The molecule has 3 amide bonds. The van der Waals surface area contributed by atoms with Gasteiger partial charge in [-0.15, -0.1) is 13.2 Å². The predicted octanol–water partition coefficient (Wildman–Crippen LogP) is 6.09. The zero-order chi connectivity index (χ0) is 27.5. The molecule has 0 aliphatic heterocycles. The van der Waals surface area contributed by atoms with Gasteiger partial charge in [-0.2, -0.15) is 0 Å². The molecule has 0 heterocycles. The van der Waals surface area contributed by atoms with E-state index in [2.05, 4.69) is 39.4 Å². The first kappa shape index (κ1) is 28.3. The molecule has 3 aromatic rings. The molecule has 0 spiro atoms. The van der Waals surface area contributed by atoms with Crippen LogP contribution in [0.2, 0.25) is 0 Å². The molecular weight excluding hydrogens is 501 g/mol. The molecule has 3 rings (SSSR count). The first-order chi connectivity index (χ1) is 18.1. The summed E-state index contributed by atoms with van der Waals surface area (Å²) in [4.78, 5) is 26.9. The van der Waals surface area contributed by atoms with Gasteiger partial charge in [-0.05, 0) is 85.9 Å². The molecule has 0 radical (unpaired) electrons. The van der Waals surface area contributed by atoms with Crippen LogP contribution in [0.3, 0.4) is 0 Å². The minimum absolute atomic E-state index is 0.180. The number of urea groups is 1. The molecule has 0 saturated carbocycles. The Morgan fingerprint density at radius 1 is 0.763 bits per heavy atom. The number of carbonyl (C=O) groups is 2. The number of alkyl halides is 3. The number of nitrogens with one attached hydrogen (secondary N) is 3. The SMILES string of the molecule is CCN(CC)CCNC(=O)c1ccc(NC(=O)Nc2ccc(Oc3ccc(OC(F)(F)F)cc3)cc2)cc1. The Morgan fingerprint density at radius 3 is 1.74 bits per heavy atom. The highest BCUT2D eigenvalue weighted by molar-refractivity contribution is 6.00. The van der Waals surface area contributed by atoms with Crippen molar-refractivity contribution in [1.29, 1.82) is 0 Å². The van der Waals surface area contributed by atoms with Gasteiger partial charge in [0.1, 0.15) is 17.2 Å². The lowest BCUT2D eigenvalue weighted by Gasteiger charge is -2.18. The van der Waals surface area contributed by atoms with E-state index in [1.54, 1.807) is 48.5 Å². The van der Waals surface area contributed by atoms with E-state index in [0.717, 1.165) is 31.8 Å². The minimum atomic E-state index is -4.76. The Labute approximate surface area is 218 Å². The molecule has 3 N–H and O–H groups in total. The summed E-state index contributed by atoms with van der Waals surface area (Å²) >= 11 is 0. The van der Waals surface area contributed by atoms with Crippen LogP contribution in [0.5, 0.6) is 17.2 Å². The van der Waals surface area contributed by atoms with Crippen molar-refractivity contribution in [1.82, 2.24) is 10.2 Å². The number of amides is 3. The number of carbonyl (C=O) groups excluding carboxylic acids is 2. The van der Waals surface area contributed by atoms with E-state index in [-0.39, 0.29) is 11.7 Å². The van der Waals surface area contributed by atoms with Crippen LogP contribution in [0.1, 0.15) is 24.2 Å². The summed E-state index contributed by atoms with van der Waals surface area (Å²) in [6, 6.07) is 17.5. The van der Waals surface area contributed by atoms with E-state index in [9.17, 15) is 22.8 Å². The summed E-state index contributed by atoms with van der Waals surface area (Å²) in [5.41, 5.74) is 1.50. The lowest BCUT2D eigenvalue weighted by Crippen LogP contribution is -2.34. The number of halogens is 3. The molecule has 3 aromatic carbocycles. The van der Waals surface area contributed by atoms with Gasteiger partial charge in [0.2, 0.25) is 0 Å². The Balaban J connectivity index is 1.45. The smallest absolute Gasteiger partial charge is 0.457 e. The fraction of sp³-hybridized carbons (Fsp3) is 0.259. The third-order valence-electron chi connectivity index (χ3n) is 5.42. The molecule has 0 atom stereocenters. The fourth-order valence-electron chi connectivity index (χ4n) is 3.42. The van der Waals surface area contributed by atoms with Crippen molar-refractivity contribution in [2.24, 2.45) is 0 Å². The number of hydrogen-bond donors (Lipinski definition) is 3. The van der Waals surface area contributed by atoms with Gasteiger partial charge in [-0.1, -0.05) is 13.8 Å². The van der Waals surface area contributed by atoms with Crippen molar-refractivity contribution in [3.8, 4) is 17.2 Å². The summed E-state index contributed by atoms with van der Waals surface area (Å²) in [5.74, 6) is 0.214.